The highest BCUT2D eigenvalue weighted by Crippen LogP contribution is 2.32. The summed E-state index contributed by atoms with van der Waals surface area (Å²) in [5.74, 6) is 0.799. The molecule has 1 aromatic rings. The second-order valence-electron chi connectivity index (χ2n) is 6.18. The monoisotopic (exact) mass is 371 g/mol. The number of carbonyl (C=O) groups excluding carboxylic acids is 2. The van der Waals surface area contributed by atoms with Gasteiger partial charge in [-0.1, -0.05) is 19.9 Å². The van der Waals surface area contributed by atoms with Crippen molar-refractivity contribution in [1.29, 1.82) is 0 Å². The third kappa shape index (κ3) is 5.79. The molecule has 25 heavy (non-hydrogen) atoms. The number of rotatable bonds is 6. The van der Waals surface area contributed by atoms with Gasteiger partial charge in [0, 0.05) is 0 Å². The van der Waals surface area contributed by atoms with E-state index in [9.17, 15) is 9.59 Å². The van der Waals surface area contributed by atoms with Gasteiger partial charge in [0.15, 0.2) is 11.5 Å². The van der Waals surface area contributed by atoms with Crippen molar-refractivity contribution < 1.29 is 19.1 Å². The number of halogens is 1. The van der Waals surface area contributed by atoms with E-state index in [1.807, 2.05) is 39.0 Å². The molecule has 0 aliphatic carbocycles. The number of ether oxygens (including phenoxy) is 2. The molecule has 1 heterocycles. The van der Waals surface area contributed by atoms with Gasteiger partial charge in [-0.05, 0) is 30.5 Å². The van der Waals surface area contributed by atoms with Crippen molar-refractivity contribution in [3.05, 3.63) is 23.8 Å². The Morgan fingerprint density at radius 1 is 1.16 bits per heavy atom. The molecule has 1 aromatic carbocycles. The zero-order chi connectivity index (χ0) is 17.7. The van der Waals surface area contributed by atoms with Crippen molar-refractivity contribution in [3.8, 4) is 11.5 Å². The summed E-state index contributed by atoms with van der Waals surface area (Å²) in [5.41, 5.74) is 6.63. The fraction of sp³-hybridized carbons (Fsp3) is 0.529. The van der Waals surface area contributed by atoms with Gasteiger partial charge in [-0.2, -0.15) is 0 Å². The van der Waals surface area contributed by atoms with Crippen LogP contribution in [0, 0.1) is 5.92 Å². The smallest absolute Gasteiger partial charge is 0.239 e. The largest absolute Gasteiger partial charge is 0.486 e. The normalized spacial score (nSPS) is 14.9. The molecule has 2 atom stereocenters. The van der Waals surface area contributed by atoms with Crippen LogP contribution in [0.15, 0.2) is 18.2 Å². The number of nitrogens with one attached hydrogen (secondary N) is 2. The summed E-state index contributed by atoms with van der Waals surface area (Å²) >= 11 is 0. The van der Waals surface area contributed by atoms with E-state index in [-0.39, 0.29) is 42.7 Å². The first-order valence-corrected chi connectivity index (χ1v) is 8.10. The van der Waals surface area contributed by atoms with Gasteiger partial charge in [0.1, 0.15) is 13.2 Å². The van der Waals surface area contributed by atoms with Gasteiger partial charge >= 0.3 is 0 Å². The maximum absolute atomic E-state index is 12.0. The summed E-state index contributed by atoms with van der Waals surface area (Å²) in [6.45, 7) is 6.53. The molecular formula is C17H26ClN3O4. The highest BCUT2D eigenvalue weighted by molar-refractivity contribution is 5.87. The number of carbonyl (C=O) groups is 2. The molecule has 1 aliphatic rings. The molecular weight excluding hydrogens is 346 g/mol. The van der Waals surface area contributed by atoms with Crippen LogP contribution in [0.25, 0.3) is 0 Å². The second-order valence-corrected chi connectivity index (χ2v) is 6.18. The van der Waals surface area contributed by atoms with Crippen molar-refractivity contribution in [1.82, 2.24) is 10.6 Å². The van der Waals surface area contributed by atoms with Gasteiger partial charge in [0.25, 0.3) is 0 Å². The fourth-order valence-electron chi connectivity index (χ4n) is 2.29. The molecule has 1 aliphatic heterocycles. The highest BCUT2D eigenvalue weighted by Gasteiger charge is 2.19. The Hall–Kier alpha value is -1.99. The molecule has 140 valence electrons. The summed E-state index contributed by atoms with van der Waals surface area (Å²) < 4.78 is 11.0. The molecule has 0 saturated carbocycles. The Labute approximate surface area is 154 Å². The molecule has 0 spiro atoms. The fourth-order valence-corrected chi connectivity index (χ4v) is 2.29. The van der Waals surface area contributed by atoms with Gasteiger partial charge < -0.3 is 25.8 Å². The predicted octanol–water partition coefficient (Wildman–Crippen LogP) is 1.16. The maximum atomic E-state index is 12.0. The number of benzene rings is 1. The zero-order valence-electron chi connectivity index (χ0n) is 14.7. The molecule has 0 saturated heterocycles. The molecule has 2 amide bonds. The van der Waals surface area contributed by atoms with Gasteiger partial charge in [-0.3, -0.25) is 9.59 Å². The Kier molecular flexibility index (Phi) is 7.99. The molecule has 0 bridgehead atoms. The van der Waals surface area contributed by atoms with Gasteiger partial charge in [0.2, 0.25) is 11.8 Å². The Morgan fingerprint density at radius 2 is 1.80 bits per heavy atom. The van der Waals surface area contributed by atoms with Gasteiger partial charge in [-0.25, -0.2) is 0 Å². The number of amides is 2. The molecule has 2 rings (SSSR count). The number of fused-ring (bicyclic) bond motifs is 1. The van der Waals surface area contributed by atoms with Crippen LogP contribution < -0.4 is 25.8 Å². The quantitative estimate of drug-likeness (QED) is 0.696. The lowest BCUT2D eigenvalue weighted by molar-refractivity contribution is -0.127. The van der Waals surface area contributed by atoms with Crippen molar-refractivity contribution in [2.24, 2.45) is 11.7 Å². The van der Waals surface area contributed by atoms with Crippen LogP contribution in [0.4, 0.5) is 0 Å². The van der Waals surface area contributed by atoms with Crippen molar-refractivity contribution in [3.63, 3.8) is 0 Å². The van der Waals surface area contributed by atoms with Crippen molar-refractivity contribution >= 4 is 24.2 Å². The number of nitrogens with two attached hydrogens (primary N) is 1. The van der Waals surface area contributed by atoms with E-state index < -0.39 is 6.04 Å². The first-order valence-electron chi connectivity index (χ1n) is 8.10. The molecule has 0 aromatic heterocycles. The minimum Gasteiger partial charge on any atom is -0.486 e. The van der Waals surface area contributed by atoms with Crippen molar-refractivity contribution in [2.45, 2.75) is 32.9 Å². The van der Waals surface area contributed by atoms with Crippen LogP contribution >= 0.6 is 12.4 Å². The van der Waals surface area contributed by atoms with Crippen LogP contribution in [-0.2, 0) is 9.59 Å². The summed E-state index contributed by atoms with van der Waals surface area (Å²) in [4.78, 5) is 23.7. The number of hydrogen-bond donors (Lipinski definition) is 3. The van der Waals surface area contributed by atoms with E-state index in [0.717, 1.165) is 5.56 Å². The molecule has 1 unspecified atom stereocenters. The Morgan fingerprint density at radius 3 is 2.44 bits per heavy atom. The first-order chi connectivity index (χ1) is 11.4. The molecule has 8 heteroatoms. The lowest BCUT2D eigenvalue weighted by Crippen LogP contribution is -2.47. The lowest BCUT2D eigenvalue weighted by atomic mass is 10.1. The van der Waals surface area contributed by atoms with Gasteiger partial charge in [0.05, 0.1) is 18.6 Å². The third-order valence-electron chi connectivity index (χ3n) is 3.89. The molecule has 4 N–H and O–H groups in total. The van der Waals surface area contributed by atoms with Crippen LogP contribution in [0.3, 0.4) is 0 Å². The SMILES string of the molecule is CC(NC(=O)CNC(=O)[C@@H](N)C(C)C)c1ccc2c(c1)OCCO2.Cl. The predicted molar refractivity (Wildman–Crippen MR) is 97.1 cm³/mol. The Bertz CT molecular complexity index is 610. The van der Waals surface area contributed by atoms with Crippen LogP contribution in [0.1, 0.15) is 32.4 Å². The Balaban J connectivity index is 0.00000312. The standard InChI is InChI=1S/C17H25N3O4.ClH/c1-10(2)16(18)17(22)19-9-15(21)20-11(3)12-4-5-13-14(8-12)24-7-6-23-13;/h4-5,8,10-11,16H,6-7,9,18H2,1-3H3,(H,19,22)(H,20,21);1H/t11?,16-;/m0./s1. The first kappa shape index (κ1) is 21.1. The summed E-state index contributed by atoms with van der Waals surface area (Å²) in [6.07, 6.45) is 0. The van der Waals surface area contributed by atoms with E-state index in [0.29, 0.717) is 24.7 Å². The summed E-state index contributed by atoms with van der Waals surface area (Å²) in [6, 6.07) is 4.73. The van der Waals surface area contributed by atoms with Gasteiger partial charge in [-0.15, -0.1) is 12.4 Å². The second kappa shape index (κ2) is 9.48. The summed E-state index contributed by atoms with van der Waals surface area (Å²) in [7, 11) is 0. The van der Waals surface area contributed by atoms with E-state index in [4.69, 9.17) is 15.2 Å². The molecule has 0 fully saturated rings. The van der Waals surface area contributed by atoms with Crippen LogP contribution in [-0.4, -0.2) is 37.6 Å². The molecule has 0 radical (unpaired) electrons. The van der Waals surface area contributed by atoms with E-state index in [1.165, 1.54) is 0 Å². The maximum Gasteiger partial charge on any atom is 0.239 e. The summed E-state index contributed by atoms with van der Waals surface area (Å²) in [5, 5.41) is 5.39. The third-order valence-corrected chi connectivity index (χ3v) is 3.89. The van der Waals surface area contributed by atoms with Crippen LogP contribution in [0.5, 0.6) is 11.5 Å². The lowest BCUT2D eigenvalue weighted by Gasteiger charge is -2.21. The average molecular weight is 372 g/mol. The number of hydrogen-bond acceptors (Lipinski definition) is 5. The minimum absolute atomic E-state index is 0. The molecule has 7 nitrogen and oxygen atoms in total. The van der Waals surface area contributed by atoms with Crippen LogP contribution in [0.2, 0.25) is 0 Å². The van der Waals surface area contributed by atoms with E-state index in [1.54, 1.807) is 0 Å². The highest BCUT2D eigenvalue weighted by atomic mass is 35.5. The minimum atomic E-state index is -0.618. The zero-order valence-corrected chi connectivity index (χ0v) is 15.5. The van der Waals surface area contributed by atoms with Crippen molar-refractivity contribution in [2.75, 3.05) is 19.8 Å². The van der Waals surface area contributed by atoms with E-state index >= 15 is 0 Å². The topological polar surface area (TPSA) is 103 Å². The van der Waals surface area contributed by atoms with E-state index in [2.05, 4.69) is 10.6 Å². The average Bonchev–Trinajstić information content (AvgIpc) is 2.58.